The van der Waals surface area contributed by atoms with Crippen LogP contribution in [0.5, 0.6) is 11.5 Å². The first-order chi connectivity index (χ1) is 14.8. The first-order valence-electron chi connectivity index (χ1n) is 11.0. The molecule has 0 saturated carbocycles. The molecule has 2 aliphatic rings. The van der Waals surface area contributed by atoms with E-state index in [9.17, 15) is 4.79 Å². The maximum atomic E-state index is 12.3. The normalized spacial score (nSPS) is 18.5. The number of nitrogens with zero attached hydrogens (tertiary/aromatic N) is 2. The second-order valence-corrected chi connectivity index (χ2v) is 9.44. The Kier molecular flexibility index (Phi) is 6.44. The standard InChI is InChI=1S/C25H31ClN2O3/c1-18-21(26)6-4-7-22(18)28-13-11-27(12-14-28)10-5-15-30-19-8-9-20-23(29)17-25(2,3)31-24(20)16-19/h4,6-9,16H,5,10-15,17H2,1-3H3. The van der Waals surface area contributed by atoms with Crippen LogP contribution in [0.1, 0.15) is 42.6 Å². The van der Waals surface area contributed by atoms with Crippen LogP contribution in [0, 0.1) is 6.92 Å². The van der Waals surface area contributed by atoms with Gasteiger partial charge in [-0.25, -0.2) is 0 Å². The van der Waals surface area contributed by atoms with Crippen molar-refractivity contribution in [1.82, 2.24) is 4.90 Å². The van der Waals surface area contributed by atoms with Crippen LogP contribution in [0.3, 0.4) is 0 Å². The molecule has 5 nitrogen and oxygen atoms in total. The van der Waals surface area contributed by atoms with E-state index in [4.69, 9.17) is 21.1 Å². The van der Waals surface area contributed by atoms with E-state index >= 15 is 0 Å². The smallest absolute Gasteiger partial charge is 0.170 e. The topological polar surface area (TPSA) is 42.0 Å². The minimum absolute atomic E-state index is 0.130. The van der Waals surface area contributed by atoms with Gasteiger partial charge in [0.2, 0.25) is 0 Å². The number of carbonyl (C=O) groups is 1. The molecule has 0 aliphatic carbocycles. The van der Waals surface area contributed by atoms with E-state index in [1.165, 1.54) is 5.69 Å². The van der Waals surface area contributed by atoms with E-state index in [-0.39, 0.29) is 5.78 Å². The highest BCUT2D eigenvalue weighted by Crippen LogP contribution is 2.35. The SMILES string of the molecule is Cc1c(Cl)cccc1N1CCN(CCCOc2ccc3c(c2)OC(C)(C)CC3=O)CC1. The van der Waals surface area contributed by atoms with Gasteiger partial charge < -0.3 is 14.4 Å². The maximum absolute atomic E-state index is 12.3. The highest BCUT2D eigenvalue weighted by atomic mass is 35.5. The van der Waals surface area contributed by atoms with E-state index in [1.807, 2.05) is 44.2 Å². The van der Waals surface area contributed by atoms with Crippen LogP contribution in [0.25, 0.3) is 0 Å². The number of piperazine rings is 1. The van der Waals surface area contributed by atoms with E-state index in [1.54, 1.807) is 0 Å². The zero-order valence-electron chi connectivity index (χ0n) is 18.6. The number of ketones is 1. The summed E-state index contributed by atoms with van der Waals surface area (Å²) in [5.74, 6) is 1.52. The molecule has 0 spiro atoms. The number of halogens is 1. The Labute approximate surface area is 189 Å². The molecule has 2 aliphatic heterocycles. The third kappa shape index (κ3) is 5.16. The second kappa shape index (κ2) is 9.09. The van der Waals surface area contributed by atoms with Crippen molar-refractivity contribution in [3.8, 4) is 11.5 Å². The van der Waals surface area contributed by atoms with Gasteiger partial charge >= 0.3 is 0 Å². The van der Waals surface area contributed by atoms with Gasteiger partial charge in [0, 0.05) is 49.5 Å². The minimum Gasteiger partial charge on any atom is -0.493 e. The van der Waals surface area contributed by atoms with Crippen molar-refractivity contribution < 1.29 is 14.3 Å². The number of hydrogen-bond donors (Lipinski definition) is 0. The predicted octanol–water partition coefficient (Wildman–Crippen LogP) is 4.98. The summed E-state index contributed by atoms with van der Waals surface area (Å²) in [5.41, 5.74) is 2.59. The molecule has 6 heteroatoms. The molecule has 4 rings (SSSR count). The number of Topliss-reactive ketones (excluding diaryl/α,β-unsaturated/α-hetero) is 1. The van der Waals surface area contributed by atoms with Crippen molar-refractivity contribution in [3.05, 3.63) is 52.5 Å². The zero-order valence-corrected chi connectivity index (χ0v) is 19.4. The molecule has 2 heterocycles. The summed E-state index contributed by atoms with van der Waals surface area (Å²) in [6.45, 7) is 11.7. The molecular weight excluding hydrogens is 412 g/mol. The number of benzene rings is 2. The third-order valence-electron chi connectivity index (χ3n) is 6.07. The van der Waals surface area contributed by atoms with Gasteiger partial charge in [-0.05, 0) is 57.0 Å². The molecule has 31 heavy (non-hydrogen) atoms. The van der Waals surface area contributed by atoms with Gasteiger partial charge in [-0.1, -0.05) is 17.7 Å². The van der Waals surface area contributed by atoms with Crippen molar-refractivity contribution in [1.29, 1.82) is 0 Å². The number of fused-ring (bicyclic) bond motifs is 1. The molecule has 0 radical (unpaired) electrons. The van der Waals surface area contributed by atoms with Gasteiger partial charge in [0.05, 0.1) is 18.6 Å². The molecule has 0 unspecified atom stereocenters. The predicted molar refractivity (Wildman–Crippen MR) is 125 cm³/mol. The summed E-state index contributed by atoms with van der Waals surface area (Å²) in [7, 11) is 0. The lowest BCUT2D eigenvalue weighted by Crippen LogP contribution is -2.47. The maximum Gasteiger partial charge on any atom is 0.170 e. The first kappa shape index (κ1) is 22.0. The Hall–Kier alpha value is -2.24. The van der Waals surface area contributed by atoms with Gasteiger partial charge in [0.1, 0.15) is 17.1 Å². The van der Waals surface area contributed by atoms with Gasteiger partial charge in [-0.15, -0.1) is 0 Å². The molecule has 0 atom stereocenters. The number of carbonyl (C=O) groups excluding carboxylic acids is 1. The Balaban J connectivity index is 1.23. The quantitative estimate of drug-likeness (QED) is 0.590. The van der Waals surface area contributed by atoms with Crippen molar-refractivity contribution >= 4 is 23.1 Å². The molecule has 1 fully saturated rings. The zero-order chi connectivity index (χ0) is 22.0. The van der Waals surface area contributed by atoms with E-state index in [2.05, 4.69) is 22.8 Å². The summed E-state index contributed by atoms with van der Waals surface area (Å²) in [5, 5.41) is 0.831. The Morgan fingerprint density at radius 3 is 2.68 bits per heavy atom. The Morgan fingerprint density at radius 2 is 1.90 bits per heavy atom. The lowest BCUT2D eigenvalue weighted by molar-refractivity contribution is 0.0618. The minimum atomic E-state index is -0.464. The molecule has 2 aromatic rings. The van der Waals surface area contributed by atoms with E-state index in [0.29, 0.717) is 24.3 Å². The number of rotatable bonds is 6. The monoisotopic (exact) mass is 442 g/mol. The fraction of sp³-hybridized carbons (Fsp3) is 0.480. The van der Waals surface area contributed by atoms with Gasteiger partial charge in [-0.2, -0.15) is 0 Å². The van der Waals surface area contributed by atoms with Crippen molar-refractivity contribution in [2.45, 2.75) is 39.2 Å². The van der Waals surface area contributed by atoms with Crippen molar-refractivity contribution in [3.63, 3.8) is 0 Å². The van der Waals surface area contributed by atoms with Crippen LogP contribution < -0.4 is 14.4 Å². The number of ether oxygens (including phenoxy) is 2. The molecule has 0 amide bonds. The average molecular weight is 443 g/mol. The molecule has 166 valence electrons. The molecule has 0 N–H and O–H groups in total. The summed E-state index contributed by atoms with van der Waals surface area (Å²) in [6.07, 6.45) is 1.36. The summed E-state index contributed by atoms with van der Waals surface area (Å²) >= 11 is 6.28. The fourth-order valence-electron chi connectivity index (χ4n) is 4.35. The fourth-order valence-corrected chi connectivity index (χ4v) is 4.52. The lowest BCUT2D eigenvalue weighted by atomic mass is 9.93. The van der Waals surface area contributed by atoms with Gasteiger partial charge in [0.25, 0.3) is 0 Å². The van der Waals surface area contributed by atoms with Crippen molar-refractivity contribution in [2.75, 3.05) is 44.2 Å². The van der Waals surface area contributed by atoms with Crippen LogP contribution in [0.2, 0.25) is 5.02 Å². The highest BCUT2D eigenvalue weighted by Gasteiger charge is 2.32. The van der Waals surface area contributed by atoms with Crippen LogP contribution in [-0.2, 0) is 0 Å². The highest BCUT2D eigenvalue weighted by molar-refractivity contribution is 6.31. The Bertz CT molecular complexity index is 952. The van der Waals surface area contributed by atoms with E-state index < -0.39 is 5.60 Å². The summed E-state index contributed by atoms with van der Waals surface area (Å²) < 4.78 is 11.9. The number of hydrogen-bond acceptors (Lipinski definition) is 5. The van der Waals surface area contributed by atoms with Crippen LogP contribution >= 0.6 is 11.6 Å². The van der Waals surface area contributed by atoms with E-state index in [0.717, 1.165) is 55.5 Å². The van der Waals surface area contributed by atoms with Crippen LogP contribution in [0.4, 0.5) is 5.69 Å². The lowest BCUT2D eigenvalue weighted by Gasteiger charge is -2.37. The van der Waals surface area contributed by atoms with Gasteiger partial charge in [-0.3, -0.25) is 9.69 Å². The molecule has 1 saturated heterocycles. The molecule has 0 aromatic heterocycles. The molecule has 0 bridgehead atoms. The number of anilines is 1. The third-order valence-corrected chi connectivity index (χ3v) is 6.47. The van der Waals surface area contributed by atoms with Crippen LogP contribution in [-0.4, -0.2) is 55.6 Å². The van der Waals surface area contributed by atoms with Crippen LogP contribution in [0.15, 0.2) is 36.4 Å². The second-order valence-electron chi connectivity index (χ2n) is 9.03. The molecule has 2 aromatic carbocycles. The summed E-state index contributed by atoms with van der Waals surface area (Å²) in [4.78, 5) is 17.2. The molecular formula is C25H31ClN2O3. The Morgan fingerprint density at radius 1 is 1.13 bits per heavy atom. The van der Waals surface area contributed by atoms with Crippen molar-refractivity contribution in [2.24, 2.45) is 0 Å². The largest absolute Gasteiger partial charge is 0.493 e. The first-order valence-corrected chi connectivity index (χ1v) is 11.4. The average Bonchev–Trinajstić information content (AvgIpc) is 2.73. The van der Waals surface area contributed by atoms with Gasteiger partial charge in [0.15, 0.2) is 5.78 Å². The summed E-state index contributed by atoms with van der Waals surface area (Å²) in [6, 6.07) is 11.7.